The molecule has 5 nitrogen and oxygen atoms in total. The molecule has 0 amide bonds. The van der Waals surface area contributed by atoms with Crippen LogP contribution in [0.4, 0.5) is 14.5 Å². The third-order valence-corrected chi connectivity index (χ3v) is 2.61. The van der Waals surface area contributed by atoms with Gasteiger partial charge in [0, 0.05) is 12.7 Å². The number of anilines is 1. The Morgan fingerprint density at radius 1 is 1.30 bits per heavy atom. The fourth-order valence-corrected chi connectivity index (χ4v) is 1.67. The number of nitrogens with zero attached hydrogens (tertiary/aromatic N) is 2. The van der Waals surface area contributed by atoms with E-state index < -0.39 is 6.61 Å². The van der Waals surface area contributed by atoms with Gasteiger partial charge in [-0.15, -0.1) is 0 Å². The van der Waals surface area contributed by atoms with E-state index >= 15 is 0 Å². The first-order chi connectivity index (χ1) is 9.67. The predicted molar refractivity (Wildman–Crippen MR) is 69.7 cm³/mol. The van der Waals surface area contributed by atoms with Crippen molar-refractivity contribution < 1.29 is 18.6 Å². The van der Waals surface area contributed by atoms with Gasteiger partial charge in [0.1, 0.15) is 5.75 Å². The van der Waals surface area contributed by atoms with Gasteiger partial charge in [0.15, 0.2) is 0 Å². The minimum absolute atomic E-state index is 0.0344. The predicted octanol–water partition coefficient (Wildman–Crippen LogP) is 2.09. The normalized spacial score (nSPS) is 10.8. The van der Waals surface area contributed by atoms with Crippen LogP contribution in [-0.2, 0) is 13.1 Å². The molecule has 0 radical (unpaired) electrons. The molecule has 1 heterocycles. The number of nitrogens with one attached hydrogen (secondary N) is 1. The number of hydrogen-bond donors (Lipinski definition) is 2. The first kappa shape index (κ1) is 14.3. The molecule has 0 saturated carbocycles. The molecule has 2 aromatic rings. The van der Waals surface area contributed by atoms with E-state index in [2.05, 4.69) is 15.2 Å². The standard InChI is InChI=1S/C13H15F2N3O2/c14-13(15)20-12-3-1-10(2-4-12)7-16-11-8-17-18(9-11)5-6-19/h1-4,8-9,13,16,19H,5-7H2. The highest BCUT2D eigenvalue weighted by atomic mass is 19.3. The smallest absolute Gasteiger partial charge is 0.387 e. The molecule has 0 atom stereocenters. The lowest BCUT2D eigenvalue weighted by Gasteiger charge is -2.06. The van der Waals surface area contributed by atoms with E-state index in [0.29, 0.717) is 13.1 Å². The number of ether oxygens (including phenoxy) is 1. The quantitative estimate of drug-likeness (QED) is 0.817. The third-order valence-electron chi connectivity index (χ3n) is 2.61. The first-order valence-corrected chi connectivity index (χ1v) is 6.08. The van der Waals surface area contributed by atoms with E-state index in [9.17, 15) is 8.78 Å². The molecule has 0 aliphatic heterocycles. The molecule has 0 saturated heterocycles. The van der Waals surface area contributed by atoms with Crippen LogP contribution in [0, 0.1) is 0 Å². The molecule has 20 heavy (non-hydrogen) atoms. The van der Waals surface area contributed by atoms with Gasteiger partial charge in [0.2, 0.25) is 0 Å². The van der Waals surface area contributed by atoms with Gasteiger partial charge < -0.3 is 15.2 Å². The van der Waals surface area contributed by atoms with E-state index in [1.165, 1.54) is 12.1 Å². The fraction of sp³-hybridized carbons (Fsp3) is 0.308. The van der Waals surface area contributed by atoms with E-state index in [-0.39, 0.29) is 12.4 Å². The van der Waals surface area contributed by atoms with Crippen molar-refractivity contribution in [3.05, 3.63) is 42.2 Å². The van der Waals surface area contributed by atoms with Crippen LogP contribution in [0.3, 0.4) is 0 Å². The highest BCUT2D eigenvalue weighted by Gasteiger charge is 2.04. The van der Waals surface area contributed by atoms with E-state index in [4.69, 9.17) is 5.11 Å². The summed E-state index contributed by atoms with van der Waals surface area (Å²) < 4.78 is 29.9. The molecule has 0 fully saturated rings. The fourth-order valence-electron chi connectivity index (χ4n) is 1.67. The lowest BCUT2D eigenvalue weighted by Crippen LogP contribution is -2.03. The first-order valence-electron chi connectivity index (χ1n) is 6.08. The van der Waals surface area contributed by atoms with Crippen LogP contribution < -0.4 is 10.1 Å². The van der Waals surface area contributed by atoms with Crippen LogP contribution in [0.1, 0.15) is 5.56 Å². The zero-order valence-corrected chi connectivity index (χ0v) is 10.7. The maximum Gasteiger partial charge on any atom is 0.387 e. The Bertz CT molecular complexity index is 529. The molecular weight excluding hydrogens is 268 g/mol. The van der Waals surface area contributed by atoms with Crippen LogP contribution in [0.5, 0.6) is 5.75 Å². The van der Waals surface area contributed by atoms with Crippen molar-refractivity contribution in [2.24, 2.45) is 0 Å². The third kappa shape index (κ3) is 4.20. The monoisotopic (exact) mass is 283 g/mol. The summed E-state index contributed by atoms with van der Waals surface area (Å²) in [7, 11) is 0. The van der Waals surface area contributed by atoms with Gasteiger partial charge in [-0.2, -0.15) is 13.9 Å². The summed E-state index contributed by atoms with van der Waals surface area (Å²) in [6.07, 6.45) is 3.44. The lowest BCUT2D eigenvalue weighted by atomic mass is 10.2. The molecule has 1 aromatic heterocycles. The van der Waals surface area contributed by atoms with Crippen molar-refractivity contribution in [3.8, 4) is 5.75 Å². The van der Waals surface area contributed by atoms with Crippen molar-refractivity contribution in [1.82, 2.24) is 9.78 Å². The zero-order valence-electron chi connectivity index (χ0n) is 10.7. The van der Waals surface area contributed by atoms with Gasteiger partial charge in [0.25, 0.3) is 0 Å². The van der Waals surface area contributed by atoms with Gasteiger partial charge >= 0.3 is 6.61 Å². The van der Waals surface area contributed by atoms with Gasteiger partial charge in [-0.1, -0.05) is 12.1 Å². The second kappa shape index (κ2) is 6.85. The summed E-state index contributed by atoms with van der Waals surface area (Å²) in [6, 6.07) is 6.42. The van der Waals surface area contributed by atoms with Gasteiger partial charge in [0.05, 0.1) is 25.0 Å². The lowest BCUT2D eigenvalue weighted by molar-refractivity contribution is -0.0498. The molecule has 7 heteroatoms. The number of halogens is 2. The summed E-state index contributed by atoms with van der Waals surface area (Å²) in [5, 5.41) is 16.0. The Labute approximate surface area is 114 Å². The SMILES string of the molecule is OCCn1cc(NCc2ccc(OC(F)F)cc2)cn1. The second-order valence-corrected chi connectivity index (χ2v) is 4.09. The average molecular weight is 283 g/mol. The van der Waals surface area contributed by atoms with Crippen molar-refractivity contribution in [2.45, 2.75) is 19.7 Å². The summed E-state index contributed by atoms with van der Waals surface area (Å²) in [5.41, 5.74) is 1.76. The topological polar surface area (TPSA) is 59.3 Å². The maximum absolute atomic E-state index is 12.0. The number of alkyl halides is 2. The molecule has 0 aliphatic rings. The molecule has 108 valence electrons. The van der Waals surface area contributed by atoms with E-state index in [1.54, 1.807) is 29.2 Å². The number of aliphatic hydroxyl groups is 1. The van der Waals surface area contributed by atoms with Crippen LogP contribution in [0.25, 0.3) is 0 Å². The van der Waals surface area contributed by atoms with E-state index in [1.807, 2.05) is 0 Å². The van der Waals surface area contributed by atoms with Crippen LogP contribution in [0.15, 0.2) is 36.7 Å². The molecule has 1 aromatic carbocycles. The summed E-state index contributed by atoms with van der Waals surface area (Å²) in [5.74, 6) is 0.138. The molecule has 2 rings (SSSR count). The molecule has 0 unspecified atom stereocenters. The highest BCUT2D eigenvalue weighted by Crippen LogP contribution is 2.16. The van der Waals surface area contributed by atoms with Crippen molar-refractivity contribution in [3.63, 3.8) is 0 Å². The number of aliphatic hydroxyl groups excluding tert-OH is 1. The number of benzene rings is 1. The second-order valence-electron chi connectivity index (χ2n) is 4.09. The van der Waals surface area contributed by atoms with Crippen molar-refractivity contribution in [1.29, 1.82) is 0 Å². The molecule has 2 N–H and O–H groups in total. The number of aromatic nitrogens is 2. The Kier molecular flexibility index (Phi) is 4.89. The van der Waals surface area contributed by atoms with Gasteiger partial charge in [-0.25, -0.2) is 0 Å². The van der Waals surface area contributed by atoms with Crippen molar-refractivity contribution in [2.75, 3.05) is 11.9 Å². The summed E-state index contributed by atoms with van der Waals surface area (Å²) in [4.78, 5) is 0. The van der Waals surface area contributed by atoms with Gasteiger partial charge in [-0.05, 0) is 17.7 Å². The van der Waals surface area contributed by atoms with E-state index in [0.717, 1.165) is 11.3 Å². The largest absolute Gasteiger partial charge is 0.435 e. The molecule has 0 bridgehead atoms. The Morgan fingerprint density at radius 2 is 2.05 bits per heavy atom. The molecule has 0 spiro atoms. The van der Waals surface area contributed by atoms with Crippen molar-refractivity contribution >= 4 is 5.69 Å². The minimum Gasteiger partial charge on any atom is -0.435 e. The van der Waals surface area contributed by atoms with Crippen LogP contribution in [0.2, 0.25) is 0 Å². The zero-order chi connectivity index (χ0) is 14.4. The Balaban J connectivity index is 1.86. The molecule has 0 aliphatic carbocycles. The number of rotatable bonds is 7. The average Bonchev–Trinajstić information content (AvgIpc) is 2.86. The van der Waals surface area contributed by atoms with Gasteiger partial charge in [-0.3, -0.25) is 4.68 Å². The summed E-state index contributed by atoms with van der Waals surface area (Å²) in [6.45, 7) is -1.79. The Morgan fingerprint density at radius 3 is 2.70 bits per heavy atom. The Hall–Kier alpha value is -2.15. The highest BCUT2D eigenvalue weighted by molar-refractivity contribution is 5.39. The maximum atomic E-state index is 12.0. The summed E-state index contributed by atoms with van der Waals surface area (Å²) >= 11 is 0. The molecular formula is C13H15F2N3O2. The van der Waals surface area contributed by atoms with Crippen LogP contribution in [-0.4, -0.2) is 28.1 Å². The van der Waals surface area contributed by atoms with Crippen LogP contribution >= 0.6 is 0 Å². The minimum atomic E-state index is -2.81. The number of hydrogen-bond acceptors (Lipinski definition) is 4.